The van der Waals surface area contributed by atoms with Gasteiger partial charge in [-0.15, -0.1) is 0 Å². The molecular weight excluding hydrogens is 669 g/mol. The van der Waals surface area contributed by atoms with Crippen molar-refractivity contribution in [3.63, 3.8) is 0 Å². The molecule has 1 aromatic heterocycles. The number of pyridine rings is 1. The van der Waals surface area contributed by atoms with Crippen LogP contribution in [0.15, 0.2) is 54.9 Å². The zero-order valence-corrected chi connectivity index (χ0v) is 32.1. The molecule has 1 saturated heterocycles. The first-order valence-corrected chi connectivity index (χ1v) is 19.9. The second kappa shape index (κ2) is 16.9. The first kappa shape index (κ1) is 40.2. The van der Waals surface area contributed by atoms with E-state index in [9.17, 15) is 27.9 Å². The van der Waals surface area contributed by atoms with Crippen molar-refractivity contribution in [3.05, 3.63) is 66.0 Å². The van der Waals surface area contributed by atoms with E-state index in [0.717, 1.165) is 43.1 Å². The predicted octanol–water partition coefficient (Wildman–Crippen LogP) is 3.30. The van der Waals surface area contributed by atoms with E-state index >= 15 is 0 Å². The Morgan fingerprint density at radius 2 is 1.63 bits per heavy atom. The highest BCUT2D eigenvalue weighted by molar-refractivity contribution is 7.92. The Morgan fingerprint density at radius 3 is 2.24 bits per heavy atom. The lowest BCUT2D eigenvalue weighted by Crippen LogP contribution is -2.64. The summed E-state index contributed by atoms with van der Waals surface area (Å²) in [7, 11) is -2.33. The Balaban J connectivity index is 1.60. The molecule has 0 spiro atoms. The van der Waals surface area contributed by atoms with Gasteiger partial charge < -0.3 is 26.0 Å². The number of hydrogen-bond donors (Lipinski definition) is 4. The maximum atomic E-state index is 14.3. The van der Waals surface area contributed by atoms with Crippen LogP contribution in [0.25, 0.3) is 0 Å². The number of β-amino-alcohol motifs (C(OH)–C–C–N with tert-alkyl or cyclic N) is 1. The minimum Gasteiger partial charge on any atom is -0.390 e. The van der Waals surface area contributed by atoms with Crippen LogP contribution >= 0.6 is 0 Å². The van der Waals surface area contributed by atoms with Crippen molar-refractivity contribution in [2.24, 2.45) is 11.8 Å². The smallest absolute Gasteiger partial charge is 0.318 e. The van der Waals surface area contributed by atoms with Crippen LogP contribution in [0.2, 0.25) is 0 Å². The Bertz CT molecular complexity index is 1580. The molecule has 1 aromatic carbocycles. The van der Waals surface area contributed by atoms with Crippen LogP contribution in [-0.2, 0) is 32.4 Å². The van der Waals surface area contributed by atoms with Gasteiger partial charge in [-0.3, -0.25) is 19.5 Å². The van der Waals surface area contributed by atoms with Crippen LogP contribution in [0.3, 0.4) is 0 Å². The number of aliphatic hydroxyl groups is 1. The number of urea groups is 1. The van der Waals surface area contributed by atoms with Gasteiger partial charge in [-0.1, -0.05) is 55.7 Å². The van der Waals surface area contributed by atoms with E-state index in [0.29, 0.717) is 24.8 Å². The van der Waals surface area contributed by atoms with Crippen LogP contribution in [0.1, 0.15) is 77.8 Å². The van der Waals surface area contributed by atoms with Crippen molar-refractivity contribution >= 4 is 27.7 Å². The summed E-state index contributed by atoms with van der Waals surface area (Å²) in [5, 5.41) is 20.7. The summed E-state index contributed by atoms with van der Waals surface area (Å²) in [6.07, 6.45) is 8.58. The van der Waals surface area contributed by atoms with Gasteiger partial charge in [0.15, 0.2) is 9.84 Å². The van der Waals surface area contributed by atoms with Crippen molar-refractivity contribution < 1.29 is 27.9 Å². The molecule has 1 saturated carbocycles. The van der Waals surface area contributed by atoms with Gasteiger partial charge in [-0.25, -0.2) is 13.2 Å². The largest absolute Gasteiger partial charge is 0.390 e. The number of fused-ring (bicyclic) bond motifs is 1. The molecule has 2 heterocycles. The molecule has 4 N–H and O–H groups in total. The summed E-state index contributed by atoms with van der Waals surface area (Å²) in [5.74, 6) is 0.0594. The van der Waals surface area contributed by atoms with Crippen molar-refractivity contribution in [3.8, 4) is 0 Å². The topological polar surface area (TPSA) is 161 Å². The molecule has 282 valence electrons. The molecule has 2 aromatic rings. The maximum absolute atomic E-state index is 14.3. The van der Waals surface area contributed by atoms with E-state index in [-0.39, 0.29) is 25.4 Å². The number of sulfone groups is 1. The lowest BCUT2D eigenvalue weighted by molar-refractivity contribution is -0.133. The molecule has 12 nitrogen and oxygen atoms in total. The van der Waals surface area contributed by atoms with Crippen molar-refractivity contribution in [2.45, 2.75) is 114 Å². The highest BCUT2D eigenvalue weighted by Crippen LogP contribution is 2.39. The van der Waals surface area contributed by atoms with Crippen molar-refractivity contribution in [2.75, 3.05) is 26.4 Å². The fourth-order valence-corrected chi connectivity index (χ4v) is 7.85. The first-order chi connectivity index (χ1) is 23.9. The van der Waals surface area contributed by atoms with Crippen LogP contribution in [0.4, 0.5) is 4.79 Å². The zero-order chi connectivity index (χ0) is 37.6. The molecule has 0 bridgehead atoms. The van der Waals surface area contributed by atoms with Gasteiger partial charge in [0.25, 0.3) is 0 Å². The number of aliphatic hydroxyl groups excluding tert-OH is 1. The maximum Gasteiger partial charge on any atom is 0.318 e. The number of carbonyl (C=O) groups is 3. The van der Waals surface area contributed by atoms with Crippen molar-refractivity contribution in [1.29, 1.82) is 0 Å². The Hall–Kier alpha value is -3.55. The standard InChI is InChI=1S/C38H58N6O6S/c1-37(2,3)42-34(46)31-21-28-17-11-12-18-29(28)24-44(31)25-32(45)30(20-26-14-9-8-10-15-26)40-35(47)33(38(4,5)51(7,49)50)41-36(48)43(6)23-27-16-13-19-39-22-27/h8-10,13-16,19,22,28-33,45H,11-12,17-18,20-21,23-25H2,1-7H3,(H,40,47)(H,41,48)(H,42,46)/t28-,29+,30?,31?,32?,33+/m0/s1. The van der Waals surface area contributed by atoms with E-state index < -0.39 is 56.3 Å². The molecular formula is C38H58N6O6S. The van der Waals surface area contributed by atoms with Gasteiger partial charge in [0.1, 0.15) is 6.04 Å². The second-order valence-electron chi connectivity index (χ2n) is 16.1. The predicted molar refractivity (Wildman–Crippen MR) is 198 cm³/mol. The summed E-state index contributed by atoms with van der Waals surface area (Å²) in [6, 6.07) is 9.54. The van der Waals surface area contributed by atoms with Crippen LogP contribution in [0, 0.1) is 11.8 Å². The molecule has 0 radical (unpaired) electrons. The summed E-state index contributed by atoms with van der Waals surface area (Å²) in [5.41, 5.74) is 1.19. The van der Waals surface area contributed by atoms with Crippen molar-refractivity contribution in [1.82, 2.24) is 30.7 Å². The highest BCUT2D eigenvalue weighted by Gasteiger charge is 2.46. The number of benzene rings is 1. The zero-order valence-electron chi connectivity index (χ0n) is 31.3. The molecule has 1 aliphatic carbocycles. The van der Waals surface area contributed by atoms with E-state index in [4.69, 9.17) is 0 Å². The highest BCUT2D eigenvalue weighted by atomic mass is 32.2. The quantitative estimate of drug-likeness (QED) is 0.245. The number of piperidine rings is 1. The third-order valence-corrected chi connectivity index (χ3v) is 12.6. The monoisotopic (exact) mass is 726 g/mol. The SMILES string of the molecule is CN(Cc1cccnc1)C(=O)N[C@H](C(=O)NC(Cc1ccccc1)C(O)CN1C[C@H]2CCCC[C@H]2CC1C(=O)NC(C)(C)C)C(C)(C)S(C)(=O)=O. The first-order valence-electron chi connectivity index (χ1n) is 18.0. The minimum atomic E-state index is -3.88. The van der Waals surface area contributed by atoms with Crippen LogP contribution in [-0.4, -0.2) is 107 Å². The van der Waals surface area contributed by atoms with E-state index in [1.807, 2.05) is 57.2 Å². The molecule has 4 rings (SSSR count). The fourth-order valence-electron chi connectivity index (χ4n) is 7.25. The average molecular weight is 727 g/mol. The van der Waals surface area contributed by atoms with Gasteiger partial charge in [0.2, 0.25) is 11.8 Å². The fraction of sp³-hybridized carbons (Fsp3) is 0.632. The number of likely N-dealkylation sites (tertiary alicyclic amines) is 1. The summed E-state index contributed by atoms with van der Waals surface area (Å²) < 4.78 is 24.5. The minimum absolute atomic E-state index is 0.0737. The molecule has 3 unspecified atom stereocenters. The molecule has 1 aliphatic heterocycles. The number of nitrogens with one attached hydrogen (secondary N) is 3. The summed E-state index contributed by atoms with van der Waals surface area (Å²) in [6.45, 7) is 9.64. The molecule has 2 fully saturated rings. The summed E-state index contributed by atoms with van der Waals surface area (Å²) in [4.78, 5) is 48.9. The number of carbonyl (C=O) groups excluding carboxylic acids is 3. The molecule has 4 amide bonds. The molecule has 2 aliphatic rings. The van der Waals surface area contributed by atoms with Gasteiger partial charge >= 0.3 is 6.03 Å². The van der Waals surface area contributed by atoms with Gasteiger partial charge in [0.05, 0.1) is 22.9 Å². The van der Waals surface area contributed by atoms with Crippen LogP contribution < -0.4 is 16.0 Å². The Morgan fingerprint density at radius 1 is 0.980 bits per heavy atom. The third-order valence-electron chi connectivity index (χ3n) is 10.5. The van der Waals surface area contributed by atoms with Crippen LogP contribution in [0.5, 0.6) is 0 Å². The normalized spacial score (nSPS) is 21.8. The van der Waals surface area contributed by atoms with Gasteiger partial charge in [0, 0.05) is 50.9 Å². The Kier molecular flexibility index (Phi) is 13.3. The summed E-state index contributed by atoms with van der Waals surface area (Å²) >= 11 is 0. The molecule has 6 atom stereocenters. The van der Waals surface area contributed by atoms with Gasteiger partial charge in [-0.05, 0) is 82.9 Å². The Labute approximate surface area is 304 Å². The third kappa shape index (κ3) is 11.0. The van der Waals surface area contributed by atoms with E-state index in [1.165, 1.54) is 18.7 Å². The lowest BCUT2D eigenvalue weighted by Gasteiger charge is -2.47. The number of rotatable bonds is 13. The number of aromatic nitrogens is 1. The molecule has 51 heavy (non-hydrogen) atoms. The van der Waals surface area contributed by atoms with Gasteiger partial charge in [-0.2, -0.15) is 0 Å². The average Bonchev–Trinajstić information content (AvgIpc) is 3.05. The van der Waals surface area contributed by atoms with E-state index in [1.54, 1.807) is 25.5 Å². The second-order valence-corrected chi connectivity index (χ2v) is 18.7. The number of hydrogen-bond acceptors (Lipinski definition) is 8. The number of nitrogens with zero attached hydrogens (tertiary/aromatic N) is 3. The molecule has 13 heteroatoms. The van der Waals surface area contributed by atoms with E-state index in [2.05, 4.69) is 25.8 Å². The number of amides is 4. The lowest BCUT2D eigenvalue weighted by atomic mass is 9.72.